The maximum absolute atomic E-state index is 13.6. The lowest BCUT2D eigenvalue weighted by Gasteiger charge is -2.01. The standard InChI is InChI=1S/C10H6FN3S2/c11-9-7(4-12)2-1-3-8(9)5-15-10-14-13-6-16-10/h1-3,6H,5H2. The average Bonchev–Trinajstić information content (AvgIpc) is 2.81. The predicted octanol–water partition coefficient (Wildman–Crippen LogP) is 2.84. The van der Waals surface area contributed by atoms with Gasteiger partial charge in [0, 0.05) is 5.75 Å². The first kappa shape index (κ1) is 11.0. The Morgan fingerprint density at radius 3 is 3.06 bits per heavy atom. The van der Waals surface area contributed by atoms with E-state index in [4.69, 9.17) is 5.26 Å². The van der Waals surface area contributed by atoms with Gasteiger partial charge < -0.3 is 0 Å². The summed E-state index contributed by atoms with van der Waals surface area (Å²) in [5.74, 6) is 0.0123. The highest BCUT2D eigenvalue weighted by Crippen LogP contribution is 2.25. The van der Waals surface area contributed by atoms with Crippen LogP contribution in [0.1, 0.15) is 11.1 Å². The molecule has 2 rings (SSSR count). The molecule has 0 fully saturated rings. The zero-order chi connectivity index (χ0) is 11.4. The Kier molecular flexibility index (Phi) is 3.49. The Morgan fingerprint density at radius 1 is 1.50 bits per heavy atom. The first-order valence-corrected chi connectivity index (χ1v) is 6.24. The molecule has 6 heteroatoms. The van der Waals surface area contributed by atoms with E-state index in [1.165, 1.54) is 29.2 Å². The van der Waals surface area contributed by atoms with Crippen LogP contribution >= 0.6 is 23.1 Å². The molecule has 0 radical (unpaired) electrons. The molecule has 0 aliphatic heterocycles. The lowest BCUT2D eigenvalue weighted by Crippen LogP contribution is -1.91. The summed E-state index contributed by atoms with van der Waals surface area (Å²) in [6.45, 7) is 0. The highest BCUT2D eigenvalue weighted by molar-refractivity contribution is 8.00. The Balaban J connectivity index is 2.13. The molecule has 0 amide bonds. The van der Waals surface area contributed by atoms with Gasteiger partial charge in [-0.3, -0.25) is 0 Å². The number of thioether (sulfide) groups is 1. The third kappa shape index (κ3) is 2.38. The molecule has 0 spiro atoms. The molecule has 3 nitrogen and oxygen atoms in total. The van der Waals surface area contributed by atoms with Crippen molar-refractivity contribution < 1.29 is 4.39 Å². The number of halogens is 1. The second-order valence-corrected chi connectivity index (χ2v) is 4.94. The summed E-state index contributed by atoms with van der Waals surface area (Å²) in [5.41, 5.74) is 2.22. The Labute approximate surface area is 99.9 Å². The molecular formula is C10H6FN3S2. The number of hydrogen-bond donors (Lipinski definition) is 0. The molecule has 0 aliphatic rings. The molecular weight excluding hydrogens is 245 g/mol. The first-order valence-electron chi connectivity index (χ1n) is 4.37. The minimum Gasteiger partial charge on any atom is -0.205 e. The minimum atomic E-state index is -0.443. The van der Waals surface area contributed by atoms with Crippen LogP contribution in [-0.4, -0.2) is 10.2 Å². The molecule has 1 aromatic carbocycles. The fraction of sp³-hybridized carbons (Fsp3) is 0.100. The van der Waals surface area contributed by atoms with Crippen LogP contribution < -0.4 is 0 Å². The summed E-state index contributed by atoms with van der Waals surface area (Å²) < 4.78 is 14.4. The van der Waals surface area contributed by atoms with E-state index < -0.39 is 5.82 Å². The molecule has 0 saturated carbocycles. The van der Waals surface area contributed by atoms with Crippen molar-refractivity contribution in [2.45, 2.75) is 10.1 Å². The largest absolute Gasteiger partial charge is 0.205 e. The summed E-state index contributed by atoms with van der Waals surface area (Å²) >= 11 is 2.82. The second-order valence-electron chi connectivity index (χ2n) is 2.88. The summed E-state index contributed by atoms with van der Waals surface area (Å²) in [4.78, 5) is 0. The van der Waals surface area contributed by atoms with E-state index in [1.807, 2.05) is 6.07 Å². The Hall–Kier alpha value is -1.45. The zero-order valence-corrected chi connectivity index (χ0v) is 9.69. The van der Waals surface area contributed by atoms with Crippen molar-refractivity contribution in [3.05, 3.63) is 40.7 Å². The van der Waals surface area contributed by atoms with E-state index >= 15 is 0 Å². The zero-order valence-electron chi connectivity index (χ0n) is 8.05. The molecule has 1 heterocycles. The van der Waals surface area contributed by atoms with Gasteiger partial charge >= 0.3 is 0 Å². The van der Waals surface area contributed by atoms with Gasteiger partial charge in [0.1, 0.15) is 17.4 Å². The fourth-order valence-corrected chi connectivity index (χ4v) is 2.61. The first-order chi connectivity index (χ1) is 7.81. The monoisotopic (exact) mass is 251 g/mol. The van der Waals surface area contributed by atoms with E-state index in [0.717, 1.165) is 4.34 Å². The Bertz CT molecular complexity index is 519. The summed E-state index contributed by atoms with van der Waals surface area (Å²) in [6.07, 6.45) is 0. The van der Waals surface area contributed by atoms with Crippen LogP contribution in [0.4, 0.5) is 4.39 Å². The molecule has 2 aromatic rings. The maximum atomic E-state index is 13.6. The van der Waals surface area contributed by atoms with E-state index in [1.54, 1.807) is 17.6 Å². The number of hydrogen-bond acceptors (Lipinski definition) is 5. The van der Waals surface area contributed by atoms with Crippen LogP contribution in [0.25, 0.3) is 0 Å². The van der Waals surface area contributed by atoms with E-state index in [2.05, 4.69) is 10.2 Å². The van der Waals surface area contributed by atoms with Gasteiger partial charge in [-0.05, 0) is 11.6 Å². The van der Waals surface area contributed by atoms with Crippen LogP contribution in [0.15, 0.2) is 28.0 Å². The molecule has 80 valence electrons. The second kappa shape index (κ2) is 5.05. The van der Waals surface area contributed by atoms with Crippen molar-refractivity contribution in [3.63, 3.8) is 0 Å². The molecule has 1 aromatic heterocycles. The van der Waals surface area contributed by atoms with Gasteiger partial charge in [0.05, 0.1) is 5.56 Å². The highest BCUT2D eigenvalue weighted by Gasteiger charge is 2.08. The predicted molar refractivity (Wildman–Crippen MR) is 60.6 cm³/mol. The van der Waals surface area contributed by atoms with Gasteiger partial charge in [-0.1, -0.05) is 35.2 Å². The number of rotatable bonds is 3. The lowest BCUT2D eigenvalue weighted by atomic mass is 10.1. The molecule has 16 heavy (non-hydrogen) atoms. The summed E-state index contributed by atoms with van der Waals surface area (Å²) in [7, 11) is 0. The smallest absolute Gasteiger partial charge is 0.174 e. The van der Waals surface area contributed by atoms with Crippen molar-refractivity contribution in [3.8, 4) is 6.07 Å². The number of benzene rings is 1. The van der Waals surface area contributed by atoms with Gasteiger partial charge in [0.25, 0.3) is 0 Å². The lowest BCUT2D eigenvalue weighted by molar-refractivity contribution is 0.613. The molecule has 0 N–H and O–H groups in total. The van der Waals surface area contributed by atoms with Crippen molar-refractivity contribution >= 4 is 23.1 Å². The van der Waals surface area contributed by atoms with E-state index in [9.17, 15) is 4.39 Å². The highest BCUT2D eigenvalue weighted by atomic mass is 32.2. The van der Waals surface area contributed by atoms with Crippen LogP contribution in [0.3, 0.4) is 0 Å². The van der Waals surface area contributed by atoms with Gasteiger partial charge in [-0.25, -0.2) is 4.39 Å². The third-order valence-corrected chi connectivity index (χ3v) is 3.80. The molecule has 0 atom stereocenters. The number of nitriles is 1. The SMILES string of the molecule is N#Cc1cccc(CSc2nncs2)c1F. The molecule has 0 saturated heterocycles. The van der Waals surface area contributed by atoms with Crippen molar-refractivity contribution in [1.82, 2.24) is 10.2 Å². The van der Waals surface area contributed by atoms with Crippen LogP contribution in [0, 0.1) is 17.1 Å². The van der Waals surface area contributed by atoms with Crippen molar-refractivity contribution in [2.24, 2.45) is 0 Å². The van der Waals surface area contributed by atoms with Crippen LogP contribution in [0.2, 0.25) is 0 Å². The van der Waals surface area contributed by atoms with Crippen LogP contribution in [-0.2, 0) is 5.75 Å². The molecule has 0 aliphatic carbocycles. The van der Waals surface area contributed by atoms with Gasteiger partial charge in [0.2, 0.25) is 0 Å². The quantitative estimate of drug-likeness (QED) is 0.787. The third-order valence-electron chi connectivity index (χ3n) is 1.89. The van der Waals surface area contributed by atoms with Crippen molar-refractivity contribution in [2.75, 3.05) is 0 Å². The van der Waals surface area contributed by atoms with Crippen LogP contribution in [0.5, 0.6) is 0 Å². The van der Waals surface area contributed by atoms with E-state index in [-0.39, 0.29) is 5.56 Å². The fourth-order valence-electron chi connectivity index (χ4n) is 1.14. The topological polar surface area (TPSA) is 49.6 Å². The number of nitrogens with zero attached hydrogens (tertiary/aromatic N) is 3. The summed E-state index contributed by atoms with van der Waals surface area (Å²) in [6, 6.07) is 6.63. The number of aromatic nitrogens is 2. The normalized spacial score (nSPS) is 10.0. The minimum absolute atomic E-state index is 0.0790. The average molecular weight is 251 g/mol. The maximum Gasteiger partial charge on any atom is 0.174 e. The summed E-state index contributed by atoms with van der Waals surface area (Å²) in [5, 5.41) is 16.2. The van der Waals surface area contributed by atoms with E-state index in [0.29, 0.717) is 11.3 Å². The van der Waals surface area contributed by atoms with Gasteiger partial charge in [0.15, 0.2) is 4.34 Å². The molecule has 0 unspecified atom stereocenters. The Morgan fingerprint density at radius 2 is 2.38 bits per heavy atom. The molecule has 0 bridgehead atoms. The van der Waals surface area contributed by atoms with Crippen molar-refractivity contribution in [1.29, 1.82) is 5.26 Å². The van der Waals surface area contributed by atoms with Gasteiger partial charge in [-0.15, -0.1) is 10.2 Å². The van der Waals surface area contributed by atoms with Gasteiger partial charge in [-0.2, -0.15) is 5.26 Å².